The molecular weight excluding hydrogens is 224 g/mol. The summed E-state index contributed by atoms with van der Waals surface area (Å²) in [4.78, 5) is 2.24. The van der Waals surface area contributed by atoms with Gasteiger partial charge in [0.25, 0.3) is 0 Å². The predicted molar refractivity (Wildman–Crippen MR) is 67.1 cm³/mol. The largest absolute Gasteiger partial charge is 0.329 e. The second kappa shape index (κ2) is 5.02. The Hall–Kier alpha value is -0.130. The Morgan fingerprint density at radius 3 is 2.19 bits per heavy atom. The molecule has 4 nitrogen and oxygen atoms in total. The summed E-state index contributed by atoms with van der Waals surface area (Å²) in [6.45, 7) is 8.34. The van der Waals surface area contributed by atoms with E-state index in [1.807, 2.05) is 0 Å². The van der Waals surface area contributed by atoms with Crippen molar-refractivity contribution in [3.63, 3.8) is 0 Å². The van der Waals surface area contributed by atoms with Gasteiger partial charge in [0.1, 0.15) is 0 Å². The Balaban J connectivity index is 2.68. The zero-order chi connectivity index (χ0) is 12.4. The van der Waals surface area contributed by atoms with Crippen molar-refractivity contribution in [3.8, 4) is 0 Å². The van der Waals surface area contributed by atoms with Gasteiger partial charge in [-0.3, -0.25) is 4.90 Å². The van der Waals surface area contributed by atoms with Crippen LogP contribution in [0.25, 0.3) is 0 Å². The molecule has 96 valence electrons. The number of nitrogens with two attached hydrogens (primary N) is 1. The van der Waals surface area contributed by atoms with Crippen LogP contribution in [0.5, 0.6) is 0 Å². The minimum Gasteiger partial charge on any atom is -0.329 e. The molecule has 2 N–H and O–H groups in total. The molecule has 0 spiro atoms. The molecule has 0 bridgehead atoms. The van der Waals surface area contributed by atoms with Crippen LogP contribution in [0.1, 0.15) is 27.2 Å². The lowest BCUT2D eigenvalue weighted by Crippen LogP contribution is -2.57. The Morgan fingerprint density at radius 1 is 1.31 bits per heavy atom. The maximum absolute atomic E-state index is 11.4. The number of hydrogen-bond acceptors (Lipinski definition) is 4. The minimum atomic E-state index is -2.80. The number of rotatable bonds is 4. The van der Waals surface area contributed by atoms with Crippen molar-refractivity contribution in [2.45, 2.75) is 32.7 Å². The van der Waals surface area contributed by atoms with Crippen LogP contribution in [-0.4, -0.2) is 50.0 Å². The summed E-state index contributed by atoms with van der Waals surface area (Å²) in [6, 6.07) is 0. The van der Waals surface area contributed by atoms with Gasteiger partial charge < -0.3 is 5.73 Å². The van der Waals surface area contributed by atoms with Gasteiger partial charge in [0.2, 0.25) is 0 Å². The summed E-state index contributed by atoms with van der Waals surface area (Å²) in [6.07, 6.45) is 1.02. The fourth-order valence-corrected chi connectivity index (χ4v) is 3.67. The van der Waals surface area contributed by atoms with E-state index < -0.39 is 9.84 Å². The van der Waals surface area contributed by atoms with Gasteiger partial charge in [-0.2, -0.15) is 0 Å². The summed E-state index contributed by atoms with van der Waals surface area (Å²) < 4.78 is 22.8. The Kier molecular flexibility index (Phi) is 4.37. The van der Waals surface area contributed by atoms with Gasteiger partial charge in [0.15, 0.2) is 9.84 Å². The molecule has 5 heteroatoms. The van der Waals surface area contributed by atoms with Gasteiger partial charge >= 0.3 is 0 Å². The van der Waals surface area contributed by atoms with Gasteiger partial charge in [-0.05, 0) is 19.3 Å². The summed E-state index contributed by atoms with van der Waals surface area (Å²) in [7, 11) is -2.80. The molecule has 1 unspecified atom stereocenters. The average Bonchev–Trinajstić information content (AvgIpc) is 2.16. The molecule has 1 saturated heterocycles. The Morgan fingerprint density at radius 2 is 1.81 bits per heavy atom. The minimum absolute atomic E-state index is 0.0515. The first-order valence-electron chi connectivity index (χ1n) is 5.95. The summed E-state index contributed by atoms with van der Waals surface area (Å²) in [5.74, 6) is 1.13. The lowest BCUT2D eigenvalue weighted by Gasteiger charge is -2.43. The van der Waals surface area contributed by atoms with Crippen molar-refractivity contribution < 1.29 is 8.42 Å². The first-order valence-corrected chi connectivity index (χ1v) is 7.77. The van der Waals surface area contributed by atoms with Crippen LogP contribution in [-0.2, 0) is 9.84 Å². The van der Waals surface area contributed by atoms with Gasteiger partial charge in [-0.25, -0.2) is 8.42 Å². The highest BCUT2D eigenvalue weighted by molar-refractivity contribution is 7.91. The lowest BCUT2D eigenvalue weighted by atomic mass is 9.89. The molecule has 0 saturated carbocycles. The van der Waals surface area contributed by atoms with Gasteiger partial charge in [0.05, 0.1) is 11.5 Å². The maximum atomic E-state index is 11.4. The van der Waals surface area contributed by atoms with E-state index in [1.165, 1.54) is 0 Å². The zero-order valence-electron chi connectivity index (χ0n) is 10.6. The van der Waals surface area contributed by atoms with Crippen LogP contribution in [0.4, 0.5) is 0 Å². The summed E-state index contributed by atoms with van der Waals surface area (Å²) >= 11 is 0. The molecule has 1 aliphatic rings. The maximum Gasteiger partial charge on any atom is 0.152 e. The normalized spacial score (nSPS) is 25.6. The molecule has 16 heavy (non-hydrogen) atoms. The molecule has 1 rings (SSSR count). The molecule has 0 aliphatic carbocycles. The first-order chi connectivity index (χ1) is 7.29. The third kappa shape index (κ3) is 3.43. The van der Waals surface area contributed by atoms with Crippen LogP contribution in [0.3, 0.4) is 0 Å². The molecule has 0 radical (unpaired) electrons. The standard InChI is InChI=1S/C11H24N2O2S/c1-10(2)8-11(3,9-12)13-4-6-16(14,15)7-5-13/h10H,4-9,12H2,1-3H3. The molecule has 1 heterocycles. The van der Waals surface area contributed by atoms with Gasteiger partial charge in [-0.15, -0.1) is 0 Å². The van der Waals surface area contributed by atoms with E-state index in [1.54, 1.807) is 0 Å². The number of hydrogen-bond donors (Lipinski definition) is 1. The van der Waals surface area contributed by atoms with Crippen LogP contribution in [0, 0.1) is 5.92 Å². The Labute approximate surface area is 99.1 Å². The number of nitrogens with zero attached hydrogens (tertiary/aromatic N) is 1. The smallest absolute Gasteiger partial charge is 0.152 e. The second-order valence-corrected chi connectivity index (χ2v) is 7.74. The highest BCUT2D eigenvalue weighted by atomic mass is 32.2. The zero-order valence-corrected chi connectivity index (χ0v) is 11.4. The number of sulfone groups is 1. The lowest BCUT2D eigenvalue weighted by molar-refractivity contribution is 0.0988. The SMILES string of the molecule is CC(C)CC(C)(CN)N1CCS(=O)(=O)CC1. The van der Waals surface area contributed by atoms with E-state index in [0.717, 1.165) is 6.42 Å². The third-order valence-electron chi connectivity index (χ3n) is 3.40. The van der Waals surface area contributed by atoms with Crippen LogP contribution in [0.2, 0.25) is 0 Å². The average molecular weight is 248 g/mol. The van der Waals surface area contributed by atoms with Crippen LogP contribution in [0.15, 0.2) is 0 Å². The van der Waals surface area contributed by atoms with Gasteiger partial charge in [0, 0.05) is 25.2 Å². The molecule has 1 aliphatic heterocycles. The topological polar surface area (TPSA) is 63.4 Å². The Bertz CT molecular complexity index is 313. The van der Waals surface area contributed by atoms with E-state index in [9.17, 15) is 8.42 Å². The monoisotopic (exact) mass is 248 g/mol. The van der Waals surface area contributed by atoms with Crippen molar-refractivity contribution in [2.75, 3.05) is 31.1 Å². The van der Waals surface area contributed by atoms with Crippen molar-refractivity contribution in [1.82, 2.24) is 4.90 Å². The fraction of sp³-hybridized carbons (Fsp3) is 1.00. The van der Waals surface area contributed by atoms with E-state index in [0.29, 0.717) is 25.6 Å². The van der Waals surface area contributed by atoms with Crippen molar-refractivity contribution in [3.05, 3.63) is 0 Å². The van der Waals surface area contributed by atoms with Crippen molar-refractivity contribution in [2.24, 2.45) is 11.7 Å². The summed E-state index contributed by atoms with van der Waals surface area (Å²) in [5.41, 5.74) is 5.81. The van der Waals surface area contributed by atoms with E-state index in [2.05, 4.69) is 25.7 Å². The molecule has 0 aromatic carbocycles. The molecule has 1 fully saturated rings. The van der Waals surface area contributed by atoms with Crippen LogP contribution < -0.4 is 5.73 Å². The predicted octanol–water partition coefficient (Wildman–Crippen LogP) is 0.480. The molecule has 1 atom stereocenters. The van der Waals surface area contributed by atoms with Gasteiger partial charge in [-0.1, -0.05) is 13.8 Å². The molecule has 0 aromatic heterocycles. The molecular formula is C11H24N2O2S. The quantitative estimate of drug-likeness (QED) is 0.786. The third-order valence-corrected chi connectivity index (χ3v) is 5.00. The highest BCUT2D eigenvalue weighted by Gasteiger charge is 2.35. The molecule has 0 amide bonds. The summed E-state index contributed by atoms with van der Waals surface area (Å²) in [5, 5.41) is 0. The van der Waals surface area contributed by atoms with E-state index >= 15 is 0 Å². The molecule has 0 aromatic rings. The van der Waals surface area contributed by atoms with Crippen molar-refractivity contribution in [1.29, 1.82) is 0 Å². The van der Waals surface area contributed by atoms with Crippen LogP contribution >= 0.6 is 0 Å². The highest BCUT2D eigenvalue weighted by Crippen LogP contribution is 2.24. The second-order valence-electron chi connectivity index (χ2n) is 5.44. The van der Waals surface area contributed by atoms with E-state index in [-0.39, 0.29) is 17.0 Å². The first kappa shape index (κ1) is 13.9. The fourth-order valence-electron chi connectivity index (χ4n) is 2.47. The van der Waals surface area contributed by atoms with E-state index in [4.69, 9.17) is 5.73 Å². The van der Waals surface area contributed by atoms with Crippen molar-refractivity contribution >= 4 is 9.84 Å².